The highest BCUT2D eigenvalue weighted by Gasteiger charge is 2.25. The molecule has 2 rings (SSSR count). The summed E-state index contributed by atoms with van der Waals surface area (Å²) in [7, 11) is 1.92. The molecular weight excluding hydrogens is 282 g/mol. The molecule has 0 aliphatic carbocycles. The lowest BCUT2D eigenvalue weighted by atomic mass is 10.2. The smallest absolute Gasteiger partial charge is 0.410 e. The zero-order valence-electron chi connectivity index (χ0n) is 14.0. The Balaban J connectivity index is 1.67. The fraction of sp³-hybridized carbons (Fsp3) is 0.733. The van der Waals surface area contributed by atoms with Crippen molar-refractivity contribution in [3.8, 4) is 0 Å². The van der Waals surface area contributed by atoms with Gasteiger partial charge in [0.2, 0.25) is 0 Å². The lowest BCUT2D eigenvalue weighted by Crippen LogP contribution is -2.50. The van der Waals surface area contributed by atoms with Gasteiger partial charge in [-0.15, -0.1) is 0 Å². The number of aryl methyl sites for hydroxylation is 1. The van der Waals surface area contributed by atoms with Crippen LogP contribution in [0.3, 0.4) is 0 Å². The SMILES string of the molecule is Cn1nccc1NCCN1CCN(C(=O)OC(C)(C)C)CC1. The topological polar surface area (TPSA) is 62.6 Å². The number of amides is 1. The lowest BCUT2D eigenvalue weighted by molar-refractivity contribution is 0.0148. The summed E-state index contributed by atoms with van der Waals surface area (Å²) in [5.74, 6) is 1.02. The van der Waals surface area contributed by atoms with E-state index in [1.54, 1.807) is 11.1 Å². The van der Waals surface area contributed by atoms with Crippen LogP contribution in [0.2, 0.25) is 0 Å². The highest BCUT2D eigenvalue weighted by atomic mass is 16.6. The highest BCUT2D eigenvalue weighted by Crippen LogP contribution is 2.11. The second-order valence-electron chi connectivity index (χ2n) is 6.58. The Labute approximate surface area is 132 Å². The van der Waals surface area contributed by atoms with Gasteiger partial charge in [0.1, 0.15) is 11.4 Å². The summed E-state index contributed by atoms with van der Waals surface area (Å²) in [6.45, 7) is 10.7. The maximum absolute atomic E-state index is 12.0. The summed E-state index contributed by atoms with van der Waals surface area (Å²) >= 11 is 0. The summed E-state index contributed by atoms with van der Waals surface area (Å²) in [5.41, 5.74) is -0.429. The summed E-state index contributed by atoms with van der Waals surface area (Å²) in [4.78, 5) is 16.1. The predicted molar refractivity (Wildman–Crippen MR) is 85.9 cm³/mol. The van der Waals surface area contributed by atoms with Crippen LogP contribution in [0.25, 0.3) is 0 Å². The minimum Gasteiger partial charge on any atom is -0.444 e. The number of piperazine rings is 1. The van der Waals surface area contributed by atoms with Crippen LogP contribution < -0.4 is 5.32 Å². The van der Waals surface area contributed by atoms with Crippen molar-refractivity contribution in [2.24, 2.45) is 7.05 Å². The van der Waals surface area contributed by atoms with E-state index in [0.717, 1.165) is 45.1 Å². The number of nitrogens with zero attached hydrogens (tertiary/aromatic N) is 4. The molecule has 0 saturated carbocycles. The zero-order valence-corrected chi connectivity index (χ0v) is 14.0. The van der Waals surface area contributed by atoms with Crippen molar-refractivity contribution in [1.82, 2.24) is 19.6 Å². The number of carbonyl (C=O) groups excluding carboxylic acids is 1. The first kappa shape index (κ1) is 16.6. The summed E-state index contributed by atoms with van der Waals surface area (Å²) < 4.78 is 7.22. The second-order valence-corrected chi connectivity index (χ2v) is 6.58. The highest BCUT2D eigenvalue weighted by molar-refractivity contribution is 5.68. The maximum Gasteiger partial charge on any atom is 0.410 e. The normalized spacial score (nSPS) is 16.6. The van der Waals surface area contributed by atoms with E-state index in [-0.39, 0.29) is 6.09 Å². The average Bonchev–Trinajstić information content (AvgIpc) is 2.83. The molecule has 1 aliphatic heterocycles. The Morgan fingerprint density at radius 2 is 2.00 bits per heavy atom. The van der Waals surface area contributed by atoms with Crippen LogP contribution in [-0.2, 0) is 11.8 Å². The first-order valence-corrected chi connectivity index (χ1v) is 7.77. The van der Waals surface area contributed by atoms with E-state index in [2.05, 4.69) is 15.3 Å². The van der Waals surface area contributed by atoms with Crippen LogP contribution in [-0.4, -0.2) is 70.5 Å². The van der Waals surface area contributed by atoms with Crippen LogP contribution in [0.15, 0.2) is 12.3 Å². The molecule has 0 spiro atoms. The van der Waals surface area contributed by atoms with Gasteiger partial charge in [-0.1, -0.05) is 0 Å². The number of rotatable bonds is 4. The van der Waals surface area contributed by atoms with Gasteiger partial charge in [-0.2, -0.15) is 5.10 Å². The van der Waals surface area contributed by atoms with E-state index < -0.39 is 5.60 Å². The molecule has 0 unspecified atom stereocenters. The van der Waals surface area contributed by atoms with Gasteiger partial charge in [0.15, 0.2) is 0 Å². The number of hydrogen-bond acceptors (Lipinski definition) is 5. The monoisotopic (exact) mass is 309 g/mol. The van der Waals surface area contributed by atoms with Crippen molar-refractivity contribution >= 4 is 11.9 Å². The first-order chi connectivity index (χ1) is 10.3. The molecule has 124 valence electrons. The van der Waals surface area contributed by atoms with Crippen molar-refractivity contribution in [1.29, 1.82) is 0 Å². The minimum atomic E-state index is -0.429. The molecule has 0 radical (unpaired) electrons. The number of ether oxygens (including phenoxy) is 1. The Hall–Kier alpha value is -1.76. The third kappa shape index (κ3) is 4.91. The Bertz CT molecular complexity index is 486. The van der Waals surface area contributed by atoms with E-state index >= 15 is 0 Å². The van der Waals surface area contributed by atoms with Crippen LogP contribution in [0.5, 0.6) is 0 Å². The first-order valence-electron chi connectivity index (χ1n) is 7.77. The largest absolute Gasteiger partial charge is 0.444 e. The van der Waals surface area contributed by atoms with Gasteiger partial charge >= 0.3 is 6.09 Å². The summed E-state index contributed by atoms with van der Waals surface area (Å²) in [6.07, 6.45) is 1.57. The number of carbonyl (C=O) groups is 1. The molecule has 0 bridgehead atoms. The average molecular weight is 309 g/mol. The molecule has 22 heavy (non-hydrogen) atoms. The fourth-order valence-electron chi connectivity index (χ4n) is 2.37. The van der Waals surface area contributed by atoms with Gasteiger partial charge in [0, 0.05) is 52.4 Å². The summed E-state index contributed by atoms with van der Waals surface area (Å²) in [6, 6.07) is 1.96. The fourth-order valence-corrected chi connectivity index (χ4v) is 2.37. The van der Waals surface area contributed by atoms with Crippen LogP contribution in [0, 0.1) is 0 Å². The van der Waals surface area contributed by atoms with Gasteiger partial charge < -0.3 is 15.0 Å². The van der Waals surface area contributed by atoms with Gasteiger partial charge in [0.05, 0.1) is 6.20 Å². The molecular formula is C15H27N5O2. The van der Waals surface area contributed by atoms with Gasteiger partial charge in [-0.05, 0) is 20.8 Å². The van der Waals surface area contributed by atoms with Gasteiger partial charge in [0.25, 0.3) is 0 Å². The molecule has 1 aromatic heterocycles. The molecule has 1 fully saturated rings. The van der Waals surface area contributed by atoms with E-state index in [9.17, 15) is 4.79 Å². The second kappa shape index (κ2) is 7.00. The molecule has 1 saturated heterocycles. The van der Waals surface area contributed by atoms with Crippen LogP contribution in [0.1, 0.15) is 20.8 Å². The number of aromatic nitrogens is 2. The molecule has 1 aromatic rings. The standard InChI is InChI=1S/C15H27N5O2/c1-15(2,3)22-14(21)20-11-9-19(10-12-20)8-7-16-13-5-6-17-18(13)4/h5-6,16H,7-12H2,1-4H3. The van der Waals surface area contributed by atoms with Crippen molar-refractivity contribution in [3.63, 3.8) is 0 Å². The number of hydrogen-bond donors (Lipinski definition) is 1. The third-order valence-electron chi connectivity index (χ3n) is 3.58. The number of nitrogens with one attached hydrogen (secondary N) is 1. The summed E-state index contributed by atoms with van der Waals surface area (Å²) in [5, 5.41) is 7.48. The molecule has 1 aliphatic rings. The Kier molecular flexibility index (Phi) is 5.28. The van der Waals surface area contributed by atoms with Crippen molar-refractivity contribution in [3.05, 3.63) is 12.3 Å². The Morgan fingerprint density at radius 1 is 1.32 bits per heavy atom. The minimum absolute atomic E-state index is 0.208. The molecule has 7 nitrogen and oxygen atoms in total. The van der Waals surface area contributed by atoms with Gasteiger partial charge in [-0.3, -0.25) is 9.58 Å². The molecule has 7 heteroatoms. The third-order valence-corrected chi connectivity index (χ3v) is 3.58. The molecule has 1 amide bonds. The predicted octanol–water partition coefficient (Wildman–Crippen LogP) is 1.38. The van der Waals surface area contributed by atoms with E-state index in [1.165, 1.54) is 0 Å². The lowest BCUT2D eigenvalue weighted by Gasteiger charge is -2.35. The molecule has 0 aromatic carbocycles. The molecule has 0 atom stereocenters. The zero-order chi connectivity index (χ0) is 16.2. The van der Waals surface area contributed by atoms with E-state index in [1.807, 2.05) is 38.6 Å². The quantitative estimate of drug-likeness (QED) is 0.910. The van der Waals surface area contributed by atoms with E-state index in [4.69, 9.17) is 4.74 Å². The molecule has 1 N–H and O–H groups in total. The van der Waals surface area contributed by atoms with Crippen molar-refractivity contribution in [2.45, 2.75) is 26.4 Å². The van der Waals surface area contributed by atoms with Crippen molar-refractivity contribution in [2.75, 3.05) is 44.6 Å². The molecule has 2 heterocycles. The van der Waals surface area contributed by atoms with Gasteiger partial charge in [-0.25, -0.2) is 4.79 Å². The number of anilines is 1. The van der Waals surface area contributed by atoms with Crippen molar-refractivity contribution < 1.29 is 9.53 Å². The Morgan fingerprint density at radius 3 is 2.55 bits per heavy atom. The van der Waals surface area contributed by atoms with E-state index in [0.29, 0.717) is 0 Å². The van der Waals surface area contributed by atoms with Crippen LogP contribution in [0.4, 0.5) is 10.6 Å². The maximum atomic E-state index is 12.0. The van der Waals surface area contributed by atoms with Crippen LogP contribution >= 0.6 is 0 Å².